The largest absolute Gasteiger partial charge is 0.477 e. The Balaban J connectivity index is 2.09. The molecule has 0 radical (unpaired) electrons. The third-order valence-corrected chi connectivity index (χ3v) is 4.58. The number of rotatable bonds is 2. The van der Waals surface area contributed by atoms with Crippen molar-refractivity contribution in [3.05, 3.63) is 34.9 Å². The van der Waals surface area contributed by atoms with E-state index < -0.39 is 0 Å². The number of aryl methyl sites for hydroxylation is 1. The summed E-state index contributed by atoms with van der Waals surface area (Å²) < 4.78 is 5.45. The third-order valence-electron chi connectivity index (χ3n) is 3.52. The van der Waals surface area contributed by atoms with Gasteiger partial charge in [-0.25, -0.2) is 4.98 Å². The Morgan fingerprint density at radius 2 is 2.19 bits per heavy atom. The zero-order valence-electron chi connectivity index (χ0n) is 12.2. The maximum absolute atomic E-state index is 9.24. The molecular weight excluding hydrogens is 282 g/mol. The molecule has 2 heterocycles. The molecule has 3 rings (SSSR count). The van der Waals surface area contributed by atoms with Gasteiger partial charge >= 0.3 is 0 Å². The van der Waals surface area contributed by atoms with Gasteiger partial charge in [0.15, 0.2) is 0 Å². The second kappa shape index (κ2) is 5.30. The number of aromatic nitrogens is 1. The average molecular weight is 297 g/mol. The smallest absolute Gasteiger partial charge is 0.232 e. The first-order valence-electron chi connectivity index (χ1n) is 6.77. The van der Waals surface area contributed by atoms with Crippen molar-refractivity contribution < 1.29 is 4.74 Å². The standard InChI is InChI=1S/C16H15N3OS/c1-4-20-15-11(8-17)7-12-16(19-15)21-13-6-5-9(2)10(3)14(13)18-12/h5-7,18H,4H2,1-3H3. The van der Waals surface area contributed by atoms with Gasteiger partial charge in [0, 0.05) is 4.90 Å². The van der Waals surface area contributed by atoms with Crippen molar-refractivity contribution in [2.45, 2.75) is 30.7 Å². The van der Waals surface area contributed by atoms with E-state index in [0.717, 1.165) is 21.3 Å². The summed E-state index contributed by atoms with van der Waals surface area (Å²) in [4.78, 5) is 5.62. The number of nitrogens with one attached hydrogen (secondary N) is 1. The van der Waals surface area contributed by atoms with Crippen LogP contribution in [0.25, 0.3) is 0 Å². The van der Waals surface area contributed by atoms with Gasteiger partial charge in [-0.1, -0.05) is 17.8 Å². The van der Waals surface area contributed by atoms with E-state index in [1.165, 1.54) is 11.1 Å². The molecular formula is C16H15N3OS. The zero-order valence-corrected chi connectivity index (χ0v) is 13.0. The van der Waals surface area contributed by atoms with Crippen LogP contribution in [0.3, 0.4) is 0 Å². The minimum Gasteiger partial charge on any atom is -0.477 e. The fraction of sp³-hybridized carbons (Fsp3) is 0.250. The first-order chi connectivity index (χ1) is 10.1. The fourth-order valence-corrected chi connectivity index (χ4v) is 3.24. The van der Waals surface area contributed by atoms with Crippen molar-refractivity contribution in [1.29, 1.82) is 5.26 Å². The highest BCUT2D eigenvalue weighted by molar-refractivity contribution is 7.99. The lowest BCUT2D eigenvalue weighted by molar-refractivity contribution is 0.323. The summed E-state index contributed by atoms with van der Waals surface area (Å²) in [6.07, 6.45) is 0. The Bertz CT molecular complexity index is 765. The van der Waals surface area contributed by atoms with Crippen LogP contribution in [0.4, 0.5) is 11.4 Å². The second-order valence-electron chi connectivity index (χ2n) is 4.85. The Morgan fingerprint density at radius 3 is 2.90 bits per heavy atom. The maximum Gasteiger partial charge on any atom is 0.232 e. The summed E-state index contributed by atoms with van der Waals surface area (Å²) >= 11 is 1.60. The van der Waals surface area contributed by atoms with Crippen LogP contribution in [0.2, 0.25) is 0 Å². The third kappa shape index (κ3) is 2.32. The van der Waals surface area contributed by atoms with Gasteiger partial charge in [-0.2, -0.15) is 5.26 Å². The van der Waals surface area contributed by atoms with Crippen LogP contribution in [0.1, 0.15) is 23.6 Å². The van der Waals surface area contributed by atoms with Crippen LogP contribution >= 0.6 is 11.8 Å². The van der Waals surface area contributed by atoms with Crippen LogP contribution in [0.15, 0.2) is 28.1 Å². The lowest BCUT2D eigenvalue weighted by Gasteiger charge is -2.23. The predicted octanol–water partition coefficient (Wildman–Crippen LogP) is 4.18. The first-order valence-corrected chi connectivity index (χ1v) is 7.58. The van der Waals surface area contributed by atoms with Gasteiger partial charge in [-0.15, -0.1) is 0 Å². The Morgan fingerprint density at radius 1 is 1.38 bits per heavy atom. The van der Waals surface area contributed by atoms with Crippen LogP contribution < -0.4 is 10.1 Å². The SMILES string of the molecule is CCOc1nc2c(cc1C#N)Nc1c(ccc(C)c1C)S2. The molecule has 0 atom stereocenters. The van der Waals surface area contributed by atoms with Gasteiger partial charge in [0.25, 0.3) is 0 Å². The quantitative estimate of drug-likeness (QED) is 0.769. The Kier molecular flexibility index (Phi) is 3.48. The van der Waals surface area contributed by atoms with E-state index in [1.807, 2.05) is 13.0 Å². The van der Waals surface area contributed by atoms with Crippen molar-refractivity contribution >= 4 is 23.1 Å². The highest BCUT2D eigenvalue weighted by atomic mass is 32.2. The molecule has 1 aliphatic rings. The minimum absolute atomic E-state index is 0.403. The minimum atomic E-state index is 0.403. The molecule has 0 saturated heterocycles. The lowest BCUT2D eigenvalue weighted by Crippen LogP contribution is -2.07. The van der Waals surface area contributed by atoms with Crippen LogP contribution in [0.5, 0.6) is 5.88 Å². The highest BCUT2D eigenvalue weighted by Crippen LogP contribution is 2.46. The number of benzene rings is 1. The second-order valence-corrected chi connectivity index (χ2v) is 5.88. The van der Waals surface area contributed by atoms with Gasteiger partial charge in [0.2, 0.25) is 5.88 Å². The summed E-state index contributed by atoms with van der Waals surface area (Å²) in [5, 5.41) is 13.5. The number of hydrogen-bond donors (Lipinski definition) is 1. The number of fused-ring (bicyclic) bond motifs is 2. The van der Waals surface area contributed by atoms with Crippen molar-refractivity contribution in [3.8, 4) is 11.9 Å². The number of nitrogens with zero attached hydrogens (tertiary/aromatic N) is 2. The van der Waals surface area contributed by atoms with Crippen molar-refractivity contribution in [3.63, 3.8) is 0 Å². The van der Waals surface area contributed by atoms with Crippen LogP contribution in [-0.2, 0) is 0 Å². The molecule has 5 heteroatoms. The van der Waals surface area contributed by atoms with E-state index in [-0.39, 0.29) is 0 Å². The number of ether oxygens (including phenoxy) is 1. The molecule has 0 saturated carbocycles. The van der Waals surface area contributed by atoms with Crippen molar-refractivity contribution in [1.82, 2.24) is 4.98 Å². The molecule has 0 spiro atoms. The number of anilines is 2. The van der Waals surface area contributed by atoms with Crippen LogP contribution in [0, 0.1) is 25.2 Å². The van der Waals surface area contributed by atoms with E-state index in [0.29, 0.717) is 18.1 Å². The molecule has 1 aromatic carbocycles. The summed E-state index contributed by atoms with van der Waals surface area (Å²) in [5.41, 5.74) is 4.88. The van der Waals surface area contributed by atoms with E-state index in [9.17, 15) is 5.26 Å². The Labute approximate surface area is 128 Å². The van der Waals surface area contributed by atoms with Crippen LogP contribution in [-0.4, -0.2) is 11.6 Å². The van der Waals surface area contributed by atoms with Crippen molar-refractivity contribution in [2.24, 2.45) is 0 Å². The topological polar surface area (TPSA) is 57.9 Å². The summed E-state index contributed by atoms with van der Waals surface area (Å²) in [5.74, 6) is 0.403. The first kappa shape index (κ1) is 13.8. The lowest BCUT2D eigenvalue weighted by atomic mass is 10.1. The fourth-order valence-electron chi connectivity index (χ4n) is 2.24. The van der Waals surface area contributed by atoms with E-state index in [1.54, 1.807) is 11.8 Å². The molecule has 0 aliphatic carbocycles. The van der Waals surface area contributed by atoms with Crippen molar-refractivity contribution in [2.75, 3.05) is 11.9 Å². The average Bonchev–Trinajstić information content (AvgIpc) is 2.49. The normalized spacial score (nSPS) is 11.9. The van der Waals surface area contributed by atoms with Gasteiger partial charge in [-0.3, -0.25) is 0 Å². The molecule has 21 heavy (non-hydrogen) atoms. The molecule has 0 bridgehead atoms. The number of nitriles is 1. The van der Waals surface area contributed by atoms with Gasteiger partial charge in [0.1, 0.15) is 16.7 Å². The highest BCUT2D eigenvalue weighted by Gasteiger charge is 2.22. The predicted molar refractivity (Wildman–Crippen MR) is 83.4 cm³/mol. The van der Waals surface area contributed by atoms with Gasteiger partial charge in [-0.05, 0) is 44.0 Å². The molecule has 1 aromatic heterocycles. The number of hydrogen-bond acceptors (Lipinski definition) is 5. The molecule has 0 unspecified atom stereocenters. The van der Waals surface area contributed by atoms with E-state index in [4.69, 9.17) is 4.74 Å². The summed E-state index contributed by atoms with van der Waals surface area (Å²) in [7, 11) is 0. The molecule has 4 nitrogen and oxygen atoms in total. The molecule has 0 fully saturated rings. The molecule has 1 N–H and O–H groups in total. The van der Waals surface area contributed by atoms with E-state index >= 15 is 0 Å². The summed E-state index contributed by atoms with van der Waals surface area (Å²) in [6, 6.07) is 8.16. The molecule has 2 aromatic rings. The van der Waals surface area contributed by atoms with E-state index in [2.05, 4.69) is 42.4 Å². The molecule has 0 amide bonds. The monoisotopic (exact) mass is 297 g/mol. The molecule has 1 aliphatic heterocycles. The van der Waals surface area contributed by atoms with Gasteiger partial charge < -0.3 is 10.1 Å². The Hall–Kier alpha value is -2.19. The number of pyridine rings is 1. The summed E-state index contributed by atoms with van der Waals surface area (Å²) in [6.45, 7) is 6.57. The van der Waals surface area contributed by atoms with Gasteiger partial charge in [0.05, 0.1) is 18.0 Å². The molecule has 106 valence electrons. The zero-order chi connectivity index (χ0) is 15.0. The maximum atomic E-state index is 9.24.